The number of rotatable bonds is 1. The van der Waals surface area contributed by atoms with E-state index in [1.807, 2.05) is 20.8 Å². The van der Waals surface area contributed by atoms with E-state index in [-0.39, 0.29) is 12.1 Å². The van der Waals surface area contributed by atoms with Crippen LogP contribution in [0, 0.1) is 0 Å². The van der Waals surface area contributed by atoms with Crippen molar-refractivity contribution < 1.29 is 13.9 Å². The molecule has 1 N–H and O–H groups in total. The van der Waals surface area contributed by atoms with Crippen LogP contribution in [0.25, 0.3) is 0 Å². The van der Waals surface area contributed by atoms with Crippen LogP contribution in [0.15, 0.2) is 17.1 Å². The molecule has 1 aliphatic heterocycles. The van der Waals surface area contributed by atoms with Crippen LogP contribution in [-0.2, 0) is 4.74 Å². The Kier molecular flexibility index (Phi) is 3.56. The Bertz CT molecular complexity index is 397. The summed E-state index contributed by atoms with van der Waals surface area (Å²) in [5, 5.41) is 3.30. The third-order valence-electron chi connectivity index (χ3n) is 2.64. The number of nitrogens with zero attached hydrogens (tertiary/aromatic N) is 2. The quantitative estimate of drug-likeness (QED) is 0.822. The van der Waals surface area contributed by atoms with Crippen molar-refractivity contribution in [3.8, 4) is 0 Å². The molecule has 18 heavy (non-hydrogen) atoms. The molecule has 6 nitrogen and oxygen atoms in total. The van der Waals surface area contributed by atoms with Crippen LogP contribution >= 0.6 is 0 Å². The van der Waals surface area contributed by atoms with Crippen molar-refractivity contribution >= 4 is 6.09 Å². The van der Waals surface area contributed by atoms with Crippen LogP contribution in [0.2, 0.25) is 0 Å². The van der Waals surface area contributed by atoms with Crippen molar-refractivity contribution in [2.24, 2.45) is 0 Å². The predicted octanol–water partition coefficient (Wildman–Crippen LogP) is 1.56. The van der Waals surface area contributed by atoms with Gasteiger partial charge in [0.25, 0.3) is 0 Å². The molecule has 1 fully saturated rings. The molecule has 0 radical (unpaired) electrons. The SMILES string of the molecule is CC(C)(C)OC(=O)N1CCN[C@@H](c2cocn2)C1. The Morgan fingerprint density at radius 1 is 1.61 bits per heavy atom. The molecule has 1 aromatic heterocycles. The number of aromatic nitrogens is 1. The summed E-state index contributed by atoms with van der Waals surface area (Å²) in [6, 6.07) is 0.00465. The summed E-state index contributed by atoms with van der Waals surface area (Å²) in [7, 11) is 0. The number of carbonyl (C=O) groups excluding carboxylic acids is 1. The van der Waals surface area contributed by atoms with Crippen LogP contribution in [0.3, 0.4) is 0 Å². The fraction of sp³-hybridized carbons (Fsp3) is 0.667. The molecule has 100 valence electrons. The summed E-state index contributed by atoms with van der Waals surface area (Å²) < 4.78 is 10.3. The zero-order valence-electron chi connectivity index (χ0n) is 11.0. The number of ether oxygens (including phenoxy) is 1. The second-order valence-corrected chi connectivity index (χ2v) is 5.35. The highest BCUT2D eigenvalue weighted by Crippen LogP contribution is 2.17. The summed E-state index contributed by atoms with van der Waals surface area (Å²) in [6.07, 6.45) is 2.71. The zero-order valence-corrected chi connectivity index (χ0v) is 11.0. The van der Waals surface area contributed by atoms with E-state index in [1.54, 1.807) is 11.2 Å². The summed E-state index contributed by atoms with van der Waals surface area (Å²) >= 11 is 0. The summed E-state index contributed by atoms with van der Waals surface area (Å²) in [5.41, 5.74) is 0.342. The van der Waals surface area contributed by atoms with Gasteiger partial charge in [-0.15, -0.1) is 0 Å². The highest BCUT2D eigenvalue weighted by molar-refractivity contribution is 5.68. The second kappa shape index (κ2) is 4.97. The van der Waals surface area contributed by atoms with Crippen molar-refractivity contribution in [1.29, 1.82) is 0 Å². The van der Waals surface area contributed by atoms with Crippen LogP contribution < -0.4 is 5.32 Å². The van der Waals surface area contributed by atoms with Crippen molar-refractivity contribution in [3.05, 3.63) is 18.4 Å². The minimum absolute atomic E-state index is 0.00465. The molecule has 1 amide bonds. The Hall–Kier alpha value is -1.56. The predicted molar refractivity (Wildman–Crippen MR) is 65.1 cm³/mol. The maximum atomic E-state index is 12.0. The molecule has 2 rings (SSSR count). The third kappa shape index (κ3) is 3.22. The monoisotopic (exact) mass is 253 g/mol. The van der Waals surface area contributed by atoms with Crippen molar-refractivity contribution in [1.82, 2.24) is 15.2 Å². The fourth-order valence-corrected chi connectivity index (χ4v) is 1.83. The standard InChI is InChI=1S/C12H19N3O3/c1-12(2,3)18-11(16)15-5-4-13-9(6-15)10-7-17-8-14-10/h7-9,13H,4-6H2,1-3H3/t9-/m1/s1. The van der Waals surface area contributed by atoms with E-state index >= 15 is 0 Å². The molecular formula is C12H19N3O3. The molecule has 0 aliphatic carbocycles. The van der Waals surface area contributed by atoms with Crippen molar-refractivity contribution in [3.63, 3.8) is 0 Å². The number of amides is 1. The molecule has 1 saturated heterocycles. The first kappa shape index (κ1) is 12.9. The van der Waals surface area contributed by atoms with Crippen LogP contribution in [0.5, 0.6) is 0 Å². The molecule has 1 aromatic rings. The minimum Gasteiger partial charge on any atom is -0.451 e. The first-order valence-corrected chi connectivity index (χ1v) is 6.05. The van der Waals surface area contributed by atoms with Gasteiger partial charge in [-0.3, -0.25) is 0 Å². The van der Waals surface area contributed by atoms with E-state index in [2.05, 4.69) is 10.3 Å². The molecule has 0 spiro atoms. The lowest BCUT2D eigenvalue weighted by molar-refractivity contribution is 0.0193. The number of nitrogens with one attached hydrogen (secondary N) is 1. The van der Waals surface area contributed by atoms with Gasteiger partial charge < -0.3 is 19.4 Å². The second-order valence-electron chi connectivity index (χ2n) is 5.35. The Morgan fingerprint density at radius 2 is 2.39 bits per heavy atom. The highest BCUT2D eigenvalue weighted by Gasteiger charge is 2.28. The van der Waals surface area contributed by atoms with Gasteiger partial charge in [-0.25, -0.2) is 9.78 Å². The minimum atomic E-state index is -0.467. The first-order chi connectivity index (χ1) is 8.46. The van der Waals surface area contributed by atoms with Crippen LogP contribution in [-0.4, -0.2) is 41.2 Å². The normalized spacial score (nSPS) is 20.8. The topological polar surface area (TPSA) is 67.6 Å². The van der Waals surface area contributed by atoms with Gasteiger partial charge in [0.15, 0.2) is 6.39 Å². The van der Waals surface area contributed by atoms with Gasteiger partial charge in [-0.2, -0.15) is 0 Å². The van der Waals surface area contributed by atoms with Gasteiger partial charge in [0.1, 0.15) is 11.9 Å². The van der Waals surface area contributed by atoms with E-state index < -0.39 is 5.60 Å². The zero-order chi connectivity index (χ0) is 13.2. The van der Waals surface area contributed by atoms with E-state index in [9.17, 15) is 4.79 Å². The number of piperazine rings is 1. The fourth-order valence-electron chi connectivity index (χ4n) is 1.83. The summed E-state index contributed by atoms with van der Waals surface area (Å²) in [5.74, 6) is 0. The van der Waals surface area contributed by atoms with E-state index in [0.717, 1.165) is 12.2 Å². The molecule has 6 heteroatoms. The average molecular weight is 253 g/mol. The Labute approximate surface area is 106 Å². The van der Waals surface area contributed by atoms with Crippen molar-refractivity contribution in [2.45, 2.75) is 32.4 Å². The molecular weight excluding hydrogens is 234 g/mol. The molecule has 0 unspecified atom stereocenters. The maximum Gasteiger partial charge on any atom is 0.410 e. The Balaban J connectivity index is 1.96. The van der Waals surface area contributed by atoms with Gasteiger partial charge in [0.05, 0.1) is 11.7 Å². The lowest BCUT2D eigenvalue weighted by Gasteiger charge is -2.34. The summed E-state index contributed by atoms with van der Waals surface area (Å²) in [6.45, 7) is 7.49. The lowest BCUT2D eigenvalue weighted by atomic mass is 10.1. The largest absolute Gasteiger partial charge is 0.451 e. The smallest absolute Gasteiger partial charge is 0.410 e. The van der Waals surface area contributed by atoms with Gasteiger partial charge in [-0.1, -0.05) is 0 Å². The maximum absolute atomic E-state index is 12.0. The highest BCUT2D eigenvalue weighted by atomic mass is 16.6. The van der Waals surface area contributed by atoms with E-state index in [1.165, 1.54) is 6.39 Å². The first-order valence-electron chi connectivity index (χ1n) is 6.05. The molecule has 0 bridgehead atoms. The van der Waals surface area contributed by atoms with E-state index in [0.29, 0.717) is 13.1 Å². The van der Waals surface area contributed by atoms with Gasteiger partial charge in [0, 0.05) is 19.6 Å². The number of hydrogen-bond acceptors (Lipinski definition) is 5. The summed E-state index contributed by atoms with van der Waals surface area (Å²) in [4.78, 5) is 17.8. The molecule has 1 aliphatic rings. The van der Waals surface area contributed by atoms with Gasteiger partial charge in [-0.05, 0) is 20.8 Å². The number of carbonyl (C=O) groups is 1. The molecule has 2 heterocycles. The average Bonchev–Trinajstić information content (AvgIpc) is 2.80. The van der Waals surface area contributed by atoms with Crippen LogP contribution in [0.4, 0.5) is 4.79 Å². The number of oxazole rings is 1. The van der Waals surface area contributed by atoms with E-state index in [4.69, 9.17) is 9.15 Å². The van der Waals surface area contributed by atoms with Gasteiger partial charge >= 0.3 is 6.09 Å². The Morgan fingerprint density at radius 3 is 3.00 bits per heavy atom. The lowest BCUT2D eigenvalue weighted by Crippen LogP contribution is -2.49. The molecule has 1 atom stereocenters. The van der Waals surface area contributed by atoms with Crippen molar-refractivity contribution in [2.75, 3.05) is 19.6 Å². The third-order valence-corrected chi connectivity index (χ3v) is 2.64. The number of hydrogen-bond donors (Lipinski definition) is 1. The van der Waals surface area contributed by atoms with Gasteiger partial charge in [0.2, 0.25) is 0 Å². The molecule has 0 saturated carbocycles. The molecule has 0 aromatic carbocycles. The van der Waals surface area contributed by atoms with Crippen LogP contribution in [0.1, 0.15) is 32.5 Å².